The molecule has 4 aliphatic heterocycles. The number of aryl methyl sites for hydroxylation is 4. The van der Waals surface area contributed by atoms with Crippen LogP contribution in [0.2, 0.25) is 5.02 Å². The Morgan fingerprint density at radius 2 is 1.56 bits per heavy atom. The van der Waals surface area contributed by atoms with Crippen LogP contribution in [-0.4, -0.2) is 80.0 Å². The standard InChI is InChI=1S/C43H37ClN10O6S/c1-20-21(2)61-43-36(20)37(24-8-10-27(44)11-9-24)47-32(38-52-49-22(3)53(38)43)19-35(56)45-14-15-46-39(57)26-7-5-23-4-6-25-16-28-29(18-31(25)51-50-30(23)17-26)42(60)54(41(28)59)33-12-13-34(55)48-40(33)58/h5,7-11,16-18,32-33H,4,6,12-15,19H2,1-3H3,(H,45,56)(H,46,57)(H,48,55,58)/b51-50-/t32-,33?/m0/s1. The van der Waals surface area contributed by atoms with Crippen molar-refractivity contribution in [2.45, 2.75) is 65.0 Å². The summed E-state index contributed by atoms with van der Waals surface area (Å²) in [6.45, 7) is 6.33. The minimum atomic E-state index is -1.08. The first-order valence-corrected chi connectivity index (χ1v) is 20.9. The lowest BCUT2D eigenvalue weighted by molar-refractivity contribution is -0.136. The van der Waals surface area contributed by atoms with Gasteiger partial charge in [0.25, 0.3) is 17.7 Å². The summed E-state index contributed by atoms with van der Waals surface area (Å²) in [4.78, 5) is 84.9. The minimum Gasteiger partial charge on any atom is -0.354 e. The fourth-order valence-electron chi connectivity index (χ4n) is 8.09. The first kappa shape index (κ1) is 39.7. The lowest BCUT2D eigenvalue weighted by Gasteiger charge is -2.27. The molecule has 3 aromatic carbocycles. The van der Waals surface area contributed by atoms with E-state index in [4.69, 9.17) is 16.6 Å². The number of hydrogen-bond acceptors (Lipinski definition) is 12. The van der Waals surface area contributed by atoms with Crippen LogP contribution in [0.4, 0.5) is 11.4 Å². The van der Waals surface area contributed by atoms with E-state index in [9.17, 15) is 28.8 Å². The summed E-state index contributed by atoms with van der Waals surface area (Å²) in [5.41, 5.74) is 6.71. The van der Waals surface area contributed by atoms with Crippen molar-refractivity contribution >= 4 is 75.5 Å². The van der Waals surface area contributed by atoms with Gasteiger partial charge in [-0.15, -0.1) is 21.5 Å². The molecule has 0 aliphatic carbocycles. The van der Waals surface area contributed by atoms with Crippen LogP contribution in [-0.2, 0) is 27.2 Å². The van der Waals surface area contributed by atoms with Crippen molar-refractivity contribution in [3.05, 3.63) is 121 Å². The molecule has 0 radical (unpaired) electrons. The Morgan fingerprint density at radius 3 is 2.31 bits per heavy atom. The number of halogens is 1. The van der Waals surface area contributed by atoms with Crippen LogP contribution in [0.15, 0.2) is 69.8 Å². The Morgan fingerprint density at radius 1 is 0.852 bits per heavy atom. The second-order valence-corrected chi connectivity index (χ2v) is 16.9. The van der Waals surface area contributed by atoms with Gasteiger partial charge >= 0.3 is 0 Å². The zero-order valence-electron chi connectivity index (χ0n) is 33.2. The van der Waals surface area contributed by atoms with E-state index in [1.54, 1.807) is 35.6 Å². The van der Waals surface area contributed by atoms with Crippen molar-refractivity contribution < 1.29 is 28.8 Å². The molecule has 0 spiro atoms. The van der Waals surface area contributed by atoms with Crippen LogP contribution in [0.1, 0.15) is 101 Å². The number of aliphatic imine (C=N–C) groups is 1. The molecule has 2 aromatic heterocycles. The zero-order chi connectivity index (χ0) is 42.7. The number of hydrogen-bond donors (Lipinski definition) is 3. The number of aromatic nitrogens is 3. The Labute approximate surface area is 357 Å². The third-order valence-corrected chi connectivity index (χ3v) is 12.8. The van der Waals surface area contributed by atoms with Crippen molar-refractivity contribution in [3.8, 4) is 5.00 Å². The maximum absolute atomic E-state index is 13.4. The average Bonchev–Trinajstić information content (AvgIpc) is 3.80. The van der Waals surface area contributed by atoms with E-state index in [0.29, 0.717) is 52.0 Å². The van der Waals surface area contributed by atoms with Crippen molar-refractivity contribution in [2.24, 2.45) is 15.2 Å². The van der Waals surface area contributed by atoms with E-state index >= 15 is 0 Å². The van der Waals surface area contributed by atoms with Gasteiger partial charge in [-0.3, -0.25) is 48.5 Å². The van der Waals surface area contributed by atoms with Gasteiger partial charge in [-0.25, -0.2) is 0 Å². The van der Waals surface area contributed by atoms with Gasteiger partial charge in [0.1, 0.15) is 22.9 Å². The van der Waals surface area contributed by atoms with Crippen LogP contribution in [0.3, 0.4) is 0 Å². The predicted octanol–water partition coefficient (Wildman–Crippen LogP) is 5.65. The van der Waals surface area contributed by atoms with Gasteiger partial charge in [-0.05, 0) is 93.1 Å². The van der Waals surface area contributed by atoms with Crippen molar-refractivity contribution in [1.29, 1.82) is 0 Å². The first-order chi connectivity index (χ1) is 29.4. The second-order valence-electron chi connectivity index (χ2n) is 15.2. The zero-order valence-corrected chi connectivity index (χ0v) is 34.7. The Kier molecular flexibility index (Phi) is 10.2. The van der Waals surface area contributed by atoms with Crippen molar-refractivity contribution in [1.82, 2.24) is 35.6 Å². The normalized spacial score (nSPS) is 18.4. The fourth-order valence-corrected chi connectivity index (χ4v) is 9.43. The maximum Gasteiger partial charge on any atom is 0.262 e. The number of fused-ring (bicyclic) bond motifs is 6. The van der Waals surface area contributed by atoms with Crippen LogP contribution >= 0.6 is 22.9 Å². The highest BCUT2D eigenvalue weighted by Crippen LogP contribution is 2.40. The number of benzene rings is 3. The number of nitrogens with one attached hydrogen (secondary N) is 3. The average molecular weight is 857 g/mol. The molecule has 3 N–H and O–H groups in total. The molecule has 1 fully saturated rings. The summed E-state index contributed by atoms with van der Waals surface area (Å²) >= 11 is 7.86. The number of carbonyl (C=O) groups excluding carboxylic acids is 6. The van der Waals surface area contributed by atoms with Crippen LogP contribution in [0, 0.1) is 20.8 Å². The summed E-state index contributed by atoms with van der Waals surface area (Å²) in [5, 5.41) is 27.2. The highest BCUT2D eigenvalue weighted by atomic mass is 35.5. The molecular formula is C43H37ClN10O6S. The quantitative estimate of drug-likeness (QED) is 0.131. The Bertz CT molecular complexity index is 2810. The van der Waals surface area contributed by atoms with Gasteiger partial charge in [0.2, 0.25) is 17.7 Å². The minimum absolute atomic E-state index is 0.000459. The molecule has 0 saturated carbocycles. The molecule has 308 valence electrons. The van der Waals surface area contributed by atoms with Crippen LogP contribution < -0.4 is 16.0 Å². The number of amides is 6. The Hall–Kier alpha value is -6.72. The number of carbonyl (C=O) groups is 6. The highest BCUT2D eigenvalue weighted by molar-refractivity contribution is 7.15. The van der Waals surface area contributed by atoms with E-state index < -0.39 is 35.7 Å². The summed E-state index contributed by atoms with van der Waals surface area (Å²) < 4.78 is 1.99. The predicted molar refractivity (Wildman–Crippen MR) is 224 cm³/mol. The van der Waals surface area contributed by atoms with Gasteiger partial charge in [-0.2, -0.15) is 10.2 Å². The van der Waals surface area contributed by atoms with E-state index in [2.05, 4.69) is 50.2 Å². The molecule has 6 heterocycles. The molecule has 18 heteroatoms. The molecule has 1 saturated heterocycles. The van der Waals surface area contributed by atoms with Gasteiger partial charge < -0.3 is 10.6 Å². The molecule has 6 amide bonds. The molecule has 9 rings (SSSR count). The second kappa shape index (κ2) is 15.7. The summed E-state index contributed by atoms with van der Waals surface area (Å²) in [5.74, 6) is -1.73. The lowest BCUT2D eigenvalue weighted by Crippen LogP contribution is -2.54. The van der Waals surface area contributed by atoms with Gasteiger partial charge in [0, 0.05) is 46.1 Å². The van der Waals surface area contributed by atoms with Gasteiger partial charge in [-0.1, -0.05) is 29.8 Å². The van der Waals surface area contributed by atoms with Gasteiger partial charge in [0.05, 0.1) is 34.6 Å². The van der Waals surface area contributed by atoms with Gasteiger partial charge in [0.15, 0.2) is 5.82 Å². The summed E-state index contributed by atoms with van der Waals surface area (Å²) in [6, 6.07) is 14.0. The molecule has 1 unspecified atom stereocenters. The summed E-state index contributed by atoms with van der Waals surface area (Å²) in [6.07, 6.45) is 1.07. The molecule has 2 atom stereocenters. The topological polar surface area (TPSA) is 210 Å². The van der Waals surface area contributed by atoms with E-state index in [-0.39, 0.29) is 55.3 Å². The highest BCUT2D eigenvalue weighted by Gasteiger charge is 2.45. The third-order valence-electron chi connectivity index (χ3n) is 11.4. The van der Waals surface area contributed by atoms with Crippen molar-refractivity contribution in [2.75, 3.05) is 13.1 Å². The summed E-state index contributed by atoms with van der Waals surface area (Å²) in [7, 11) is 0. The van der Waals surface area contributed by atoms with E-state index in [1.165, 1.54) is 6.07 Å². The largest absolute Gasteiger partial charge is 0.354 e. The SMILES string of the molecule is Cc1sc2c(c1C)C(c1ccc(Cl)cc1)=N[C@@H](CC(=O)NCCNC(=O)c1ccc3c(c1)/N=N\c1cc4c(cc1CC3)C(=O)N(C1CCC(=O)NC1=O)C4=O)c1nnc(C)n1-2. The van der Waals surface area contributed by atoms with Crippen LogP contribution in [0.25, 0.3) is 5.00 Å². The number of nitrogens with zero attached hydrogens (tertiary/aromatic N) is 7. The van der Waals surface area contributed by atoms with E-state index in [0.717, 1.165) is 42.7 Å². The molecule has 61 heavy (non-hydrogen) atoms. The first-order valence-electron chi connectivity index (χ1n) is 19.7. The number of imide groups is 2. The van der Waals surface area contributed by atoms with E-state index in [1.807, 2.05) is 35.8 Å². The molecule has 16 nitrogen and oxygen atoms in total. The fraction of sp³-hybridized carbons (Fsp3) is 0.279. The smallest absolute Gasteiger partial charge is 0.262 e. The molecule has 0 bridgehead atoms. The van der Waals surface area contributed by atoms with Crippen molar-refractivity contribution in [3.63, 3.8) is 0 Å². The molecule has 5 aromatic rings. The van der Waals surface area contributed by atoms with Crippen LogP contribution in [0.5, 0.6) is 0 Å². The number of rotatable bonds is 8. The third kappa shape index (κ3) is 7.22. The number of piperidine rings is 1. The number of azo groups is 1. The number of thiophene rings is 1. The Balaban J connectivity index is 0.853. The maximum atomic E-state index is 13.4. The molecule has 4 aliphatic rings. The lowest BCUT2D eigenvalue weighted by atomic mass is 9.96. The molecular weight excluding hydrogens is 820 g/mol. The monoisotopic (exact) mass is 856 g/mol.